The van der Waals surface area contributed by atoms with Crippen molar-refractivity contribution in [1.29, 1.82) is 0 Å². The van der Waals surface area contributed by atoms with Crippen molar-refractivity contribution in [3.05, 3.63) is 70.8 Å². The Labute approximate surface area is 144 Å². The summed E-state index contributed by atoms with van der Waals surface area (Å²) in [6, 6.07) is 16.8. The lowest BCUT2D eigenvalue weighted by molar-refractivity contribution is -0.124. The maximum Gasteiger partial charge on any atom is 0.235 e. The second-order valence-corrected chi connectivity index (χ2v) is 7.74. The van der Waals surface area contributed by atoms with Gasteiger partial charge < -0.3 is 5.73 Å². The van der Waals surface area contributed by atoms with Gasteiger partial charge in [-0.2, -0.15) is 0 Å². The Balaban J connectivity index is 1.81. The van der Waals surface area contributed by atoms with E-state index in [1.54, 1.807) is 0 Å². The monoisotopic (exact) mass is 322 g/mol. The standard InChI is InChI=1S/C21H26N2O/c1-21(2,3)18-10-8-15(9-11-18)13-23-14-17-7-5-4-6-16(17)12-19(23)20(22)24/h4-11,19H,12-14H2,1-3H3,(H2,22,24)/t19-/m1/s1. The van der Waals surface area contributed by atoms with Crippen LogP contribution in [-0.4, -0.2) is 16.8 Å². The Morgan fingerprint density at radius 1 is 1.08 bits per heavy atom. The zero-order valence-electron chi connectivity index (χ0n) is 14.8. The topological polar surface area (TPSA) is 46.3 Å². The van der Waals surface area contributed by atoms with Gasteiger partial charge in [0.05, 0.1) is 6.04 Å². The molecule has 3 nitrogen and oxygen atoms in total. The summed E-state index contributed by atoms with van der Waals surface area (Å²) in [7, 11) is 0. The van der Waals surface area contributed by atoms with Gasteiger partial charge in [-0.25, -0.2) is 0 Å². The summed E-state index contributed by atoms with van der Waals surface area (Å²) in [4.78, 5) is 14.1. The van der Waals surface area contributed by atoms with Gasteiger partial charge in [-0.1, -0.05) is 69.3 Å². The van der Waals surface area contributed by atoms with Crippen molar-refractivity contribution in [1.82, 2.24) is 4.90 Å². The van der Waals surface area contributed by atoms with Gasteiger partial charge in [0.25, 0.3) is 0 Å². The van der Waals surface area contributed by atoms with E-state index in [9.17, 15) is 4.79 Å². The number of benzene rings is 2. The first-order chi connectivity index (χ1) is 11.3. The lowest BCUT2D eigenvalue weighted by Gasteiger charge is -2.35. The summed E-state index contributed by atoms with van der Waals surface area (Å²) in [5.74, 6) is -0.240. The maximum absolute atomic E-state index is 11.9. The number of primary amides is 1. The molecular formula is C21H26N2O. The Morgan fingerprint density at radius 2 is 1.71 bits per heavy atom. The molecule has 1 aliphatic heterocycles. The van der Waals surface area contributed by atoms with E-state index in [0.29, 0.717) is 6.42 Å². The lowest BCUT2D eigenvalue weighted by atomic mass is 9.86. The Bertz CT molecular complexity index is 728. The third kappa shape index (κ3) is 3.51. The van der Waals surface area contributed by atoms with E-state index in [1.165, 1.54) is 22.3 Å². The fraction of sp³-hybridized carbons (Fsp3) is 0.381. The number of rotatable bonds is 3. The van der Waals surface area contributed by atoms with E-state index in [4.69, 9.17) is 5.73 Å². The Morgan fingerprint density at radius 3 is 2.29 bits per heavy atom. The average Bonchev–Trinajstić information content (AvgIpc) is 2.53. The summed E-state index contributed by atoms with van der Waals surface area (Å²) < 4.78 is 0. The summed E-state index contributed by atoms with van der Waals surface area (Å²) in [5, 5.41) is 0. The van der Waals surface area contributed by atoms with Crippen LogP contribution in [-0.2, 0) is 29.7 Å². The first kappa shape index (κ1) is 16.7. The molecule has 0 aromatic heterocycles. The van der Waals surface area contributed by atoms with Crippen LogP contribution in [0.1, 0.15) is 43.0 Å². The molecule has 24 heavy (non-hydrogen) atoms. The van der Waals surface area contributed by atoms with Crippen molar-refractivity contribution in [3.63, 3.8) is 0 Å². The fourth-order valence-electron chi connectivity index (χ4n) is 3.37. The highest BCUT2D eigenvalue weighted by Gasteiger charge is 2.29. The van der Waals surface area contributed by atoms with Crippen LogP contribution in [0.2, 0.25) is 0 Å². The van der Waals surface area contributed by atoms with Crippen molar-refractivity contribution < 1.29 is 4.79 Å². The van der Waals surface area contributed by atoms with Gasteiger partial charge in [-0.05, 0) is 34.1 Å². The fourth-order valence-corrected chi connectivity index (χ4v) is 3.37. The van der Waals surface area contributed by atoms with Gasteiger partial charge in [0, 0.05) is 13.1 Å². The highest BCUT2D eigenvalue weighted by atomic mass is 16.1. The molecule has 0 fully saturated rings. The third-order valence-electron chi connectivity index (χ3n) is 4.88. The van der Waals surface area contributed by atoms with Gasteiger partial charge in [0.15, 0.2) is 0 Å². The molecule has 3 heteroatoms. The highest BCUT2D eigenvalue weighted by Crippen LogP contribution is 2.26. The molecule has 0 spiro atoms. The second-order valence-electron chi connectivity index (χ2n) is 7.74. The number of nitrogens with two attached hydrogens (primary N) is 1. The summed E-state index contributed by atoms with van der Waals surface area (Å²) in [6.45, 7) is 8.16. The van der Waals surface area contributed by atoms with Gasteiger partial charge in [0.1, 0.15) is 0 Å². The number of hydrogen-bond donors (Lipinski definition) is 1. The van der Waals surface area contributed by atoms with Gasteiger partial charge in [0.2, 0.25) is 5.91 Å². The molecule has 0 unspecified atom stereocenters. The van der Waals surface area contributed by atoms with Gasteiger partial charge in [-0.15, -0.1) is 0 Å². The summed E-state index contributed by atoms with van der Waals surface area (Å²) in [5.41, 5.74) is 10.9. The molecule has 1 atom stereocenters. The van der Waals surface area contributed by atoms with Gasteiger partial charge >= 0.3 is 0 Å². The van der Waals surface area contributed by atoms with Crippen LogP contribution in [0.15, 0.2) is 48.5 Å². The maximum atomic E-state index is 11.9. The molecule has 1 heterocycles. The zero-order chi connectivity index (χ0) is 17.3. The summed E-state index contributed by atoms with van der Waals surface area (Å²) in [6.07, 6.45) is 0.700. The number of hydrogen-bond acceptors (Lipinski definition) is 2. The molecule has 3 rings (SSSR count). The highest BCUT2D eigenvalue weighted by molar-refractivity contribution is 5.80. The predicted molar refractivity (Wildman–Crippen MR) is 97.5 cm³/mol. The SMILES string of the molecule is CC(C)(C)c1ccc(CN2Cc3ccccc3C[C@@H]2C(N)=O)cc1. The molecule has 0 radical (unpaired) electrons. The number of carbonyl (C=O) groups excluding carboxylic acids is 1. The first-order valence-corrected chi connectivity index (χ1v) is 8.54. The minimum atomic E-state index is -0.240. The molecule has 1 aliphatic rings. The van der Waals surface area contributed by atoms with Crippen LogP contribution in [0.5, 0.6) is 0 Å². The minimum Gasteiger partial charge on any atom is -0.368 e. The number of nitrogens with zero attached hydrogens (tertiary/aromatic N) is 1. The van der Waals surface area contributed by atoms with Crippen molar-refractivity contribution in [2.45, 2.75) is 51.7 Å². The normalized spacial score (nSPS) is 18.2. The van der Waals surface area contributed by atoms with Crippen LogP contribution in [0.3, 0.4) is 0 Å². The van der Waals surface area contributed by atoms with Crippen LogP contribution in [0, 0.1) is 0 Å². The average molecular weight is 322 g/mol. The van der Waals surface area contributed by atoms with Crippen molar-refractivity contribution in [3.8, 4) is 0 Å². The number of carbonyl (C=O) groups is 1. The molecular weight excluding hydrogens is 296 g/mol. The van der Waals surface area contributed by atoms with E-state index >= 15 is 0 Å². The van der Waals surface area contributed by atoms with Crippen LogP contribution in [0.25, 0.3) is 0 Å². The van der Waals surface area contributed by atoms with E-state index < -0.39 is 0 Å². The number of amides is 1. The molecule has 2 N–H and O–H groups in total. The van der Waals surface area contributed by atoms with Crippen molar-refractivity contribution in [2.24, 2.45) is 5.73 Å². The van der Waals surface area contributed by atoms with Crippen molar-refractivity contribution in [2.75, 3.05) is 0 Å². The molecule has 1 amide bonds. The van der Waals surface area contributed by atoms with E-state index in [2.05, 4.69) is 68.1 Å². The van der Waals surface area contributed by atoms with E-state index in [-0.39, 0.29) is 17.4 Å². The molecule has 0 aliphatic carbocycles. The molecule has 0 bridgehead atoms. The molecule has 0 saturated heterocycles. The van der Waals surface area contributed by atoms with Crippen LogP contribution < -0.4 is 5.73 Å². The quantitative estimate of drug-likeness (QED) is 0.941. The molecule has 2 aromatic rings. The Kier molecular flexibility index (Phi) is 4.46. The van der Waals surface area contributed by atoms with Crippen molar-refractivity contribution >= 4 is 5.91 Å². The minimum absolute atomic E-state index is 0.151. The van der Waals surface area contributed by atoms with Crippen LogP contribution in [0.4, 0.5) is 0 Å². The lowest BCUT2D eigenvalue weighted by Crippen LogP contribution is -2.48. The predicted octanol–water partition coefficient (Wildman–Crippen LogP) is 3.40. The molecule has 0 saturated carbocycles. The van der Waals surface area contributed by atoms with E-state index in [1.807, 2.05) is 6.07 Å². The van der Waals surface area contributed by atoms with E-state index in [0.717, 1.165) is 13.1 Å². The largest absolute Gasteiger partial charge is 0.368 e. The second kappa shape index (κ2) is 6.40. The zero-order valence-corrected chi connectivity index (χ0v) is 14.8. The Hall–Kier alpha value is -2.13. The third-order valence-corrected chi connectivity index (χ3v) is 4.88. The number of fused-ring (bicyclic) bond motifs is 1. The molecule has 126 valence electrons. The smallest absolute Gasteiger partial charge is 0.235 e. The van der Waals surface area contributed by atoms with Gasteiger partial charge in [-0.3, -0.25) is 9.69 Å². The first-order valence-electron chi connectivity index (χ1n) is 8.54. The van der Waals surface area contributed by atoms with Crippen LogP contribution >= 0.6 is 0 Å². The molecule has 2 aromatic carbocycles. The summed E-state index contributed by atoms with van der Waals surface area (Å²) >= 11 is 0.